The Morgan fingerprint density at radius 1 is 1.28 bits per heavy atom. The van der Waals surface area contributed by atoms with Crippen molar-refractivity contribution in [3.8, 4) is 0 Å². The molecule has 2 saturated heterocycles. The number of carbonyl (C=O) groups is 1. The van der Waals surface area contributed by atoms with Crippen molar-refractivity contribution in [3.63, 3.8) is 0 Å². The molecule has 25 heavy (non-hydrogen) atoms. The van der Waals surface area contributed by atoms with Crippen LogP contribution < -0.4 is 0 Å². The highest BCUT2D eigenvalue weighted by molar-refractivity contribution is 5.79. The SMILES string of the molecule is CC[C@@H]1OCCC[C@@H]1C(=O)N1CCC(CO)(Cc2ccccc2)CC1. The third-order valence-electron chi connectivity index (χ3n) is 6.05. The van der Waals surface area contributed by atoms with Gasteiger partial charge in [0.05, 0.1) is 12.0 Å². The third kappa shape index (κ3) is 4.24. The highest BCUT2D eigenvalue weighted by Crippen LogP contribution is 2.36. The molecule has 0 saturated carbocycles. The van der Waals surface area contributed by atoms with Crippen LogP contribution in [0.25, 0.3) is 0 Å². The van der Waals surface area contributed by atoms with Crippen LogP contribution in [-0.4, -0.2) is 48.3 Å². The number of nitrogens with zero attached hydrogens (tertiary/aromatic N) is 1. The predicted molar refractivity (Wildman–Crippen MR) is 98.2 cm³/mol. The second-order valence-electron chi connectivity index (χ2n) is 7.71. The molecule has 2 atom stereocenters. The third-order valence-corrected chi connectivity index (χ3v) is 6.05. The Morgan fingerprint density at radius 3 is 2.64 bits per heavy atom. The van der Waals surface area contributed by atoms with Crippen molar-refractivity contribution >= 4 is 5.91 Å². The van der Waals surface area contributed by atoms with Crippen LogP contribution in [0.5, 0.6) is 0 Å². The van der Waals surface area contributed by atoms with Gasteiger partial charge >= 0.3 is 0 Å². The van der Waals surface area contributed by atoms with Gasteiger partial charge in [0.15, 0.2) is 0 Å². The monoisotopic (exact) mass is 345 g/mol. The zero-order valence-electron chi connectivity index (χ0n) is 15.3. The standard InChI is InChI=1S/C21H31NO3/c1-2-19-18(9-6-14-25-19)20(24)22-12-10-21(16-23,11-13-22)15-17-7-4-3-5-8-17/h3-5,7-8,18-19,23H,2,6,9-16H2,1H3/t18-,19-/m0/s1. The van der Waals surface area contributed by atoms with Crippen LogP contribution in [-0.2, 0) is 16.0 Å². The Balaban J connectivity index is 1.60. The number of hydrogen-bond acceptors (Lipinski definition) is 3. The molecule has 2 heterocycles. The van der Waals surface area contributed by atoms with E-state index < -0.39 is 0 Å². The van der Waals surface area contributed by atoms with Gasteiger partial charge in [-0.25, -0.2) is 0 Å². The molecule has 4 nitrogen and oxygen atoms in total. The molecular formula is C21H31NO3. The Kier molecular flexibility index (Phi) is 6.13. The van der Waals surface area contributed by atoms with Gasteiger partial charge in [-0.05, 0) is 44.1 Å². The molecule has 4 heteroatoms. The van der Waals surface area contributed by atoms with E-state index in [0.29, 0.717) is 0 Å². The average molecular weight is 345 g/mol. The fourth-order valence-electron chi connectivity index (χ4n) is 4.38. The van der Waals surface area contributed by atoms with Crippen molar-refractivity contribution < 1.29 is 14.6 Å². The maximum Gasteiger partial charge on any atom is 0.228 e. The molecule has 0 aliphatic carbocycles. The topological polar surface area (TPSA) is 49.8 Å². The van der Waals surface area contributed by atoms with E-state index in [1.165, 1.54) is 5.56 Å². The Morgan fingerprint density at radius 2 is 2.00 bits per heavy atom. The van der Waals surface area contributed by atoms with Crippen molar-refractivity contribution in [2.24, 2.45) is 11.3 Å². The first-order valence-corrected chi connectivity index (χ1v) is 9.72. The van der Waals surface area contributed by atoms with E-state index in [2.05, 4.69) is 19.1 Å². The van der Waals surface area contributed by atoms with Gasteiger partial charge in [0, 0.05) is 31.7 Å². The summed E-state index contributed by atoms with van der Waals surface area (Å²) in [6, 6.07) is 10.4. The molecule has 0 bridgehead atoms. The van der Waals surface area contributed by atoms with E-state index in [9.17, 15) is 9.90 Å². The smallest absolute Gasteiger partial charge is 0.228 e. The first kappa shape index (κ1) is 18.4. The first-order valence-electron chi connectivity index (χ1n) is 9.72. The minimum atomic E-state index is -0.0919. The summed E-state index contributed by atoms with van der Waals surface area (Å²) in [6.07, 6.45) is 5.53. The summed E-state index contributed by atoms with van der Waals surface area (Å²) in [5.74, 6) is 0.285. The lowest BCUT2D eigenvalue weighted by molar-refractivity contribution is -0.148. The zero-order chi connectivity index (χ0) is 17.7. The molecule has 1 N–H and O–H groups in total. The molecule has 138 valence electrons. The maximum atomic E-state index is 13.0. The fraction of sp³-hybridized carbons (Fsp3) is 0.667. The summed E-state index contributed by atoms with van der Waals surface area (Å²) in [5, 5.41) is 10.0. The molecule has 0 radical (unpaired) electrons. The molecule has 2 fully saturated rings. The normalized spacial score (nSPS) is 26.4. The lowest BCUT2D eigenvalue weighted by Crippen LogP contribution is -2.50. The second kappa shape index (κ2) is 8.33. The maximum absolute atomic E-state index is 13.0. The van der Waals surface area contributed by atoms with Gasteiger partial charge in [-0.3, -0.25) is 4.79 Å². The van der Waals surface area contributed by atoms with Gasteiger partial charge in [0.1, 0.15) is 0 Å². The highest BCUT2D eigenvalue weighted by atomic mass is 16.5. The zero-order valence-corrected chi connectivity index (χ0v) is 15.3. The lowest BCUT2D eigenvalue weighted by atomic mass is 9.74. The average Bonchev–Trinajstić information content (AvgIpc) is 2.68. The van der Waals surface area contributed by atoms with Gasteiger partial charge in [-0.1, -0.05) is 37.3 Å². The number of benzene rings is 1. The first-order chi connectivity index (χ1) is 12.2. The van der Waals surface area contributed by atoms with Gasteiger partial charge in [-0.15, -0.1) is 0 Å². The molecule has 0 aromatic heterocycles. The fourth-order valence-corrected chi connectivity index (χ4v) is 4.38. The number of aliphatic hydroxyl groups excluding tert-OH is 1. The molecule has 1 amide bonds. The number of piperidine rings is 1. The summed E-state index contributed by atoms with van der Waals surface area (Å²) in [6.45, 7) is 4.57. The molecule has 2 aliphatic heterocycles. The molecule has 1 aromatic rings. The number of aliphatic hydroxyl groups is 1. The number of hydrogen-bond donors (Lipinski definition) is 1. The minimum Gasteiger partial charge on any atom is -0.396 e. The lowest BCUT2D eigenvalue weighted by Gasteiger charge is -2.43. The van der Waals surface area contributed by atoms with E-state index in [1.807, 2.05) is 23.1 Å². The Labute approximate surface area is 151 Å². The highest BCUT2D eigenvalue weighted by Gasteiger charge is 2.39. The predicted octanol–water partition coefficient (Wildman–Crippen LogP) is 3.04. The van der Waals surface area contributed by atoms with Crippen molar-refractivity contribution in [2.45, 2.75) is 51.6 Å². The van der Waals surface area contributed by atoms with Crippen molar-refractivity contribution in [1.29, 1.82) is 0 Å². The molecule has 0 spiro atoms. The van der Waals surface area contributed by atoms with E-state index >= 15 is 0 Å². The van der Waals surface area contributed by atoms with Gasteiger partial charge < -0.3 is 14.7 Å². The summed E-state index contributed by atoms with van der Waals surface area (Å²) in [7, 11) is 0. The van der Waals surface area contributed by atoms with Gasteiger partial charge in [-0.2, -0.15) is 0 Å². The number of carbonyl (C=O) groups excluding carboxylic acids is 1. The van der Waals surface area contributed by atoms with E-state index in [4.69, 9.17) is 4.74 Å². The second-order valence-corrected chi connectivity index (χ2v) is 7.71. The van der Waals surface area contributed by atoms with E-state index in [-0.39, 0.29) is 30.0 Å². The van der Waals surface area contributed by atoms with Crippen LogP contribution in [0.2, 0.25) is 0 Å². The van der Waals surface area contributed by atoms with Crippen LogP contribution in [0.15, 0.2) is 30.3 Å². The van der Waals surface area contributed by atoms with Crippen LogP contribution in [0.4, 0.5) is 0 Å². The summed E-state index contributed by atoms with van der Waals surface area (Å²) < 4.78 is 5.81. The Hall–Kier alpha value is -1.39. The molecule has 1 aromatic carbocycles. The van der Waals surface area contributed by atoms with Gasteiger partial charge in [0.2, 0.25) is 5.91 Å². The molecular weight excluding hydrogens is 314 g/mol. The van der Waals surface area contributed by atoms with E-state index in [0.717, 1.165) is 58.2 Å². The van der Waals surface area contributed by atoms with Crippen molar-refractivity contribution in [3.05, 3.63) is 35.9 Å². The van der Waals surface area contributed by atoms with Crippen LogP contribution in [0, 0.1) is 11.3 Å². The summed E-state index contributed by atoms with van der Waals surface area (Å²) in [4.78, 5) is 15.0. The number of rotatable bonds is 5. The molecule has 0 unspecified atom stereocenters. The van der Waals surface area contributed by atoms with E-state index in [1.54, 1.807) is 0 Å². The van der Waals surface area contributed by atoms with Crippen LogP contribution >= 0.6 is 0 Å². The van der Waals surface area contributed by atoms with Crippen LogP contribution in [0.3, 0.4) is 0 Å². The van der Waals surface area contributed by atoms with Gasteiger partial charge in [0.25, 0.3) is 0 Å². The Bertz CT molecular complexity index is 552. The number of ether oxygens (including phenoxy) is 1. The summed E-state index contributed by atoms with van der Waals surface area (Å²) >= 11 is 0. The largest absolute Gasteiger partial charge is 0.396 e. The van der Waals surface area contributed by atoms with Crippen molar-refractivity contribution in [2.75, 3.05) is 26.3 Å². The minimum absolute atomic E-state index is 0.0227. The quantitative estimate of drug-likeness (QED) is 0.892. The molecule has 3 rings (SSSR count). The van der Waals surface area contributed by atoms with Crippen LogP contribution in [0.1, 0.15) is 44.6 Å². The van der Waals surface area contributed by atoms with Crippen molar-refractivity contribution in [1.82, 2.24) is 4.90 Å². The number of amides is 1. The summed E-state index contributed by atoms with van der Waals surface area (Å²) in [5.41, 5.74) is 1.17. The molecule has 2 aliphatic rings. The number of likely N-dealkylation sites (tertiary alicyclic amines) is 1.